The van der Waals surface area contributed by atoms with Gasteiger partial charge in [0.1, 0.15) is 6.61 Å². The standard InChI is InChI=1S/C21H28N2O6/c1-3-10-29-20(27)9-4-14(2)21(28)23-17(12-19(22)26)18(25)11-15-5-7-16(13-24)8-6-15/h3,5-8,14,17,24H,1,4,9-13H2,2H3,(H2,22,26)(H,23,28)/t14-,17?/m0/s1. The highest BCUT2D eigenvalue weighted by Crippen LogP contribution is 2.11. The molecule has 29 heavy (non-hydrogen) atoms. The quantitative estimate of drug-likeness (QED) is 0.329. The minimum Gasteiger partial charge on any atom is -0.461 e. The molecule has 4 N–H and O–H groups in total. The van der Waals surface area contributed by atoms with E-state index >= 15 is 0 Å². The van der Waals surface area contributed by atoms with E-state index in [1.54, 1.807) is 31.2 Å². The number of nitrogens with two attached hydrogens (primary N) is 1. The summed E-state index contributed by atoms with van der Waals surface area (Å²) in [5.41, 5.74) is 6.62. The summed E-state index contributed by atoms with van der Waals surface area (Å²) in [6, 6.07) is 5.73. The van der Waals surface area contributed by atoms with Gasteiger partial charge < -0.3 is 20.9 Å². The molecule has 0 radical (unpaired) electrons. The lowest BCUT2D eigenvalue weighted by Gasteiger charge is -2.19. The number of esters is 1. The molecule has 0 aliphatic rings. The first-order chi connectivity index (χ1) is 13.8. The van der Waals surface area contributed by atoms with Gasteiger partial charge in [-0.15, -0.1) is 0 Å². The number of primary amides is 1. The molecule has 1 aromatic carbocycles. The third kappa shape index (κ3) is 9.16. The van der Waals surface area contributed by atoms with Gasteiger partial charge in [0.05, 0.1) is 19.1 Å². The molecule has 0 heterocycles. The molecule has 0 spiro atoms. The summed E-state index contributed by atoms with van der Waals surface area (Å²) in [5.74, 6) is -2.51. The van der Waals surface area contributed by atoms with Crippen LogP contribution in [0.2, 0.25) is 0 Å². The second-order valence-electron chi connectivity index (χ2n) is 6.76. The van der Waals surface area contributed by atoms with Crippen molar-refractivity contribution in [1.82, 2.24) is 5.32 Å². The largest absolute Gasteiger partial charge is 0.461 e. The fraction of sp³-hybridized carbons (Fsp3) is 0.429. The monoisotopic (exact) mass is 404 g/mol. The molecular formula is C21H28N2O6. The minimum absolute atomic E-state index is 0.00615. The minimum atomic E-state index is -1.05. The first-order valence-corrected chi connectivity index (χ1v) is 9.33. The van der Waals surface area contributed by atoms with Gasteiger partial charge in [0.15, 0.2) is 5.78 Å². The Morgan fingerprint density at radius 1 is 1.21 bits per heavy atom. The van der Waals surface area contributed by atoms with Gasteiger partial charge >= 0.3 is 5.97 Å². The molecule has 0 aliphatic heterocycles. The Hall–Kier alpha value is -3.00. The average Bonchev–Trinajstić information content (AvgIpc) is 2.69. The van der Waals surface area contributed by atoms with Crippen LogP contribution in [0.1, 0.15) is 37.3 Å². The van der Waals surface area contributed by atoms with E-state index < -0.39 is 29.7 Å². The van der Waals surface area contributed by atoms with Crippen molar-refractivity contribution >= 4 is 23.6 Å². The van der Waals surface area contributed by atoms with Gasteiger partial charge in [0.25, 0.3) is 0 Å². The van der Waals surface area contributed by atoms with Gasteiger partial charge in [-0.05, 0) is 17.5 Å². The van der Waals surface area contributed by atoms with Crippen LogP contribution in [-0.4, -0.2) is 41.3 Å². The van der Waals surface area contributed by atoms with E-state index in [0.29, 0.717) is 11.1 Å². The summed E-state index contributed by atoms with van der Waals surface area (Å²) in [7, 11) is 0. The van der Waals surface area contributed by atoms with Crippen molar-refractivity contribution in [3.63, 3.8) is 0 Å². The first-order valence-electron chi connectivity index (χ1n) is 9.33. The highest BCUT2D eigenvalue weighted by Gasteiger charge is 2.25. The van der Waals surface area contributed by atoms with Gasteiger partial charge in [-0.3, -0.25) is 19.2 Å². The van der Waals surface area contributed by atoms with Crippen molar-refractivity contribution in [2.75, 3.05) is 6.61 Å². The van der Waals surface area contributed by atoms with Crippen molar-refractivity contribution in [3.8, 4) is 0 Å². The van der Waals surface area contributed by atoms with Crippen molar-refractivity contribution < 1.29 is 29.0 Å². The summed E-state index contributed by atoms with van der Waals surface area (Å²) >= 11 is 0. The van der Waals surface area contributed by atoms with Gasteiger partial charge in [0.2, 0.25) is 11.8 Å². The van der Waals surface area contributed by atoms with Crippen molar-refractivity contribution in [3.05, 3.63) is 48.0 Å². The maximum absolute atomic E-state index is 12.6. The molecule has 0 aliphatic carbocycles. The third-order valence-corrected chi connectivity index (χ3v) is 4.29. The second kappa shape index (κ2) is 12.5. The van der Waals surface area contributed by atoms with Crippen molar-refractivity contribution in [2.45, 2.75) is 45.3 Å². The van der Waals surface area contributed by atoms with Crippen LogP contribution in [-0.2, 0) is 36.9 Å². The van der Waals surface area contributed by atoms with E-state index in [-0.39, 0.29) is 44.7 Å². The Morgan fingerprint density at radius 3 is 2.38 bits per heavy atom. The Bertz CT molecular complexity index is 729. The number of benzene rings is 1. The van der Waals surface area contributed by atoms with Crippen LogP contribution in [0, 0.1) is 5.92 Å². The number of rotatable bonds is 13. The Morgan fingerprint density at radius 2 is 1.83 bits per heavy atom. The number of aliphatic hydroxyl groups excluding tert-OH is 1. The van der Waals surface area contributed by atoms with E-state index in [4.69, 9.17) is 15.6 Å². The molecule has 0 saturated heterocycles. The van der Waals surface area contributed by atoms with E-state index in [1.807, 2.05) is 0 Å². The lowest BCUT2D eigenvalue weighted by molar-refractivity contribution is -0.143. The van der Waals surface area contributed by atoms with Crippen LogP contribution in [0.5, 0.6) is 0 Å². The zero-order valence-electron chi connectivity index (χ0n) is 16.6. The molecule has 0 bridgehead atoms. The molecule has 2 atom stereocenters. The number of hydrogen-bond donors (Lipinski definition) is 3. The van der Waals surface area contributed by atoms with Crippen molar-refractivity contribution in [2.24, 2.45) is 11.7 Å². The van der Waals surface area contributed by atoms with Crippen LogP contribution < -0.4 is 11.1 Å². The number of nitrogens with one attached hydrogen (secondary N) is 1. The molecule has 1 unspecified atom stereocenters. The summed E-state index contributed by atoms with van der Waals surface area (Å²) in [5, 5.41) is 11.6. The zero-order valence-corrected chi connectivity index (χ0v) is 16.6. The smallest absolute Gasteiger partial charge is 0.306 e. The SMILES string of the molecule is C=CCOC(=O)CC[C@H](C)C(=O)NC(CC(N)=O)C(=O)Cc1ccc(CO)cc1. The lowest BCUT2D eigenvalue weighted by Crippen LogP contribution is -2.46. The zero-order chi connectivity index (χ0) is 21.8. The Balaban J connectivity index is 2.67. The predicted molar refractivity (Wildman–Crippen MR) is 106 cm³/mol. The summed E-state index contributed by atoms with van der Waals surface area (Å²) in [6.45, 7) is 5.07. The third-order valence-electron chi connectivity index (χ3n) is 4.29. The van der Waals surface area contributed by atoms with Crippen LogP contribution in [0.25, 0.3) is 0 Å². The van der Waals surface area contributed by atoms with Gasteiger partial charge in [-0.25, -0.2) is 0 Å². The molecule has 1 rings (SSSR count). The second-order valence-corrected chi connectivity index (χ2v) is 6.76. The number of Topliss-reactive ketones (excluding diaryl/α,β-unsaturated/α-hetero) is 1. The summed E-state index contributed by atoms with van der Waals surface area (Å²) in [6.07, 6.45) is 1.43. The van der Waals surface area contributed by atoms with E-state index in [0.717, 1.165) is 0 Å². The highest BCUT2D eigenvalue weighted by molar-refractivity contribution is 5.94. The number of amides is 2. The van der Waals surface area contributed by atoms with E-state index in [9.17, 15) is 19.2 Å². The normalized spacial score (nSPS) is 12.5. The Kier molecular flexibility index (Phi) is 10.3. The fourth-order valence-electron chi connectivity index (χ4n) is 2.54. The van der Waals surface area contributed by atoms with Gasteiger partial charge in [-0.2, -0.15) is 0 Å². The molecule has 0 saturated carbocycles. The van der Waals surface area contributed by atoms with Crippen LogP contribution in [0.15, 0.2) is 36.9 Å². The van der Waals surface area contributed by atoms with Gasteiger partial charge in [-0.1, -0.05) is 43.8 Å². The molecular weight excluding hydrogens is 376 g/mol. The molecule has 8 nitrogen and oxygen atoms in total. The fourth-order valence-corrected chi connectivity index (χ4v) is 2.54. The molecule has 0 fully saturated rings. The molecule has 0 aromatic heterocycles. The number of aliphatic hydroxyl groups is 1. The average molecular weight is 404 g/mol. The molecule has 1 aromatic rings. The number of ketones is 1. The maximum atomic E-state index is 12.6. The number of hydrogen-bond acceptors (Lipinski definition) is 6. The molecule has 8 heteroatoms. The van der Waals surface area contributed by atoms with Crippen LogP contribution >= 0.6 is 0 Å². The highest BCUT2D eigenvalue weighted by atomic mass is 16.5. The number of carbonyl (C=O) groups is 4. The summed E-state index contributed by atoms with van der Waals surface area (Å²) < 4.78 is 4.86. The van der Waals surface area contributed by atoms with Gasteiger partial charge in [0, 0.05) is 18.8 Å². The van der Waals surface area contributed by atoms with E-state index in [2.05, 4.69) is 11.9 Å². The van der Waals surface area contributed by atoms with Crippen molar-refractivity contribution in [1.29, 1.82) is 0 Å². The Labute approximate surface area is 170 Å². The number of ether oxygens (including phenoxy) is 1. The van der Waals surface area contributed by atoms with E-state index in [1.165, 1.54) is 6.08 Å². The topological polar surface area (TPSA) is 136 Å². The first kappa shape index (κ1) is 24.0. The lowest BCUT2D eigenvalue weighted by atomic mass is 9.98. The maximum Gasteiger partial charge on any atom is 0.306 e. The molecule has 158 valence electrons. The van der Waals surface area contributed by atoms with Crippen LogP contribution in [0.4, 0.5) is 0 Å². The van der Waals surface area contributed by atoms with Crippen LogP contribution in [0.3, 0.4) is 0 Å². The predicted octanol–water partition coefficient (Wildman–Crippen LogP) is 0.796. The molecule has 2 amide bonds. The number of carbonyl (C=O) groups excluding carboxylic acids is 4. The summed E-state index contributed by atoms with van der Waals surface area (Å²) in [4.78, 5) is 47.8.